The Balaban J connectivity index is 1.48. The first-order valence-corrected chi connectivity index (χ1v) is 9.73. The molecule has 4 rings (SSSR count). The molecule has 140 valence electrons. The third kappa shape index (κ3) is 4.12. The van der Waals surface area contributed by atoms with E-state index in [1.807, 2.05) is 18.2 Å². The SMILES string of the molecule is O=c1cc(CSc2nnc(COc3ccccc3Cl)n2C2CC2)occ1O. The van der Waals surface area contributed by atoms with Crippen molar-refractivity contribution in [2.24, 2.45) is 0 Å². The van der Waals surface area contributed by atoms with Crippen molar-refractivity contribution in [1.82, 2.24) is 14.8 Å². The topological polar surface area (TPSA) is 90.4 Å². The number of nitrogens with zero attached hydrogens (tertiary/aromatic N) is 3. The zero-order valence-corrected chi connectivity index (χ0v) is 15.7. The van der Waals surface area contributed by atoms with Crippen molar-refractivity contribution in [1.29, 1.82) is 0 Å². The number of aromatic nitrogens is 3. The van der Waals surface area contributed by atoms with Gasteiger partial charge in [0.25, 0.3) is 0 Å². The molecule has 0 unspecified atom stereocenters. The largest absolute Gasteiger partial charge is 0.502 e. The second-order valence-corrected chi connectivity index (χ2v) is 7.45. The third-order valence-electron chi connectivity index (χ3n) is 4.05. The van der Waals surface area contributed by atoms with Crippen molar-refractivity contribution >= 4 is 23.4 Å². The molecule has 1 aliphatic rings. The van der Waals surface area contributed by atoms with Gasteiger partial charge in [-0.1, -0.05) is 35.5 Å². The van der Waals surface area contributed by atoms with Gasteiger partial charge in [0.2, 0.25) is 5.43 Å². The van der Waals surface area contributed by atoms with Crippen LogP contribution in [0.5, 0.6) is 11.5 Å². The maximum absolute atomic E-state index is 11.5. The molecule has 1 saturated carbocycles. The Morgan fingerprint density at radius 3 is 2.89 bits per heavy atom. The van der Waals surface area contributed by atoms with Crippen LogP contribution in [-0.2, 0) is 12.4 Å². The smallest absolute Gasteiger partial charge is 0.226 e. The van der Waals surface area contributed by atoms with Gasteiger partial charge in [0, 0.05) is 12.1 Å². The Morgan fingerprint density at radius 2 is 2.15 bits per heavy atom. The highest BCUT2D eigenvalue weighted by atomic mass is 35.5. The van der Waals surface area contributed by atoms with E-state index in [9.17, 15) is 9.90 Å². The molecule has 1 aromatic carbocycles. The summed E-state index contributed by atoms with van der Waals surface area (Å²) in [5, 5.41) is 19.1. The minimum atomic E-state index is -0.464. The lowest BCUT2D eigenvalue weighted by Crippen LogP contribution is -2.07. The van der Waals surface area contributed by atoms with Gasteiger partial charge in [-0.2, -0.15) is 0 Å². The van der Waals surface area contributed by atoms with Crippen molar-refractivity contribution in [2.45, 2.75) is 36.4 Å². The van der Waals surface area contributed by atoms with Gasteiger partial charge in [-0.3, -0.25) is 9.36 Å². The summed E-state index contributed by atoms with van der Waals surface area (Å²) in [4.78, 5) is 11.5. The zero-order valence-electron chi connectivity index (χ0n) is 14.2. The number of aromatic hydroxyl groups is 1. The van der Waals surface area contributed by atoms with Gasteiger partial charge in [0.1, 0.15) is 24.4 Å². The summed E-state index contributed by atoms with van der Waals surface area (Å²) in [6.07, 6.45) is 3.19. The predicted molar refractivity (Wildman–Crippen MR) is 100 cm³/mol. The molecule has 1 fully saturated rings. The van der Waals surface area contributed by atoms with Crippen LogP contribution in [0.1, 0.15) is 30.5 Å². The highest BCUT2D eigenvalue weighted by Gasteiger charge is 2.30. The van der Waals surface area contributed by atoms with Crippen LogP contribution in [0, 0.1) is 0 Å². The van der Waals surface area contributed by atoms with Crippen LogP contribution in [0.15, 0.2) is 51.0 Å². The summed E-state index contributed by atoms with van der Waals surface area (Å²) >= 11 is 7.55. The molecule has 7 nitrogen and oxygen atoms in total. The number of benzene rings is 1. The Kier molecular flexibility index (Phi) is 5.09. The fourth-order valence-corrected chi connectivity index (χ4v) is 3.67. The summed E-state index contributed by atoms with van der Waals surface area (Å²) in [6.45, 7) is 0.266. The summed E-state index contributed by atoms with van der Waals surface area (Å²) < 4.78 is 13.1. The molecular weight excluding hydrogens is 390 g/mol. The second-order valence-electron chi connectivity index (χ2n) is 6.10. The van der Waals surface area contributed by atoms with E-state index in [4.69, 9.17) is 20.8 Å². The monoisotopic (exact) mass is 405 g/mol. The molecule has 0 amide bonds. The Labute approximate surface area is 163 Å². The average molecular weight is 406 g/mol. The Bertz CT molecular complexity index is 1020. The number of hydrogen-bond donors (Lipinski definition) is 1. The number of para-hydroxylation sites is 1. The molecule has 1 N–H and O–H groups in total. The van der Waals surface area contributed by atoms with Crippen LogP contribution in [0.4, 0.5) is 0 Å². The normalized spacial score (nSPS) is 13.7. The lowest BCUT2D eigenvalue weighted by Gasteiger charge is -2.10. The average Bonchev–Trinajstić information content (AvgIpc) is 3.42. The molecule has 1 aliphatic carbocycles. The molecule has 2 heterocycles. The molecule has 9 heteroatoms. The van der Waals surface area contributed by atoms with E-state index >= 15 is 0 Å². The molecule has 0 aliphatic heterocycles. The van der Waals surface area contributed by atoms with Crippen LogP contribution in [0.2, 0.25) is 5.02 Å². The van der Waals surface area contributed by atoms with Gasteiger partial charge in [-0.15, -0.1) is 10.2 Å². The lowest BCUT2D eigenvalue weighted by atomic mass is 10.3. The maximum Gasteiger partial charge on any atom is 0.226 e. The first-order chi connectivity index (χ1) is 13.1. The minimum Gasteiger partial charge on any atom is -0.502 e. The molecule has 0 atom stereocenters. The highest BCUT2D eigenvalue weighted by Crippen LogP contribution is 2.39. The van der Waals surface area contributed by atoms with E-state index in [0.29, 0.717) is 28.3 Å². The standard InChI is InChI=1S/C18H16ClN3O4S/c19-13-3-1-2-4-16(13)26-9-17-20-21-18(22(17)11-5-6-11)27-10-12-7-14(23)15(24)8-25-12/h1-4,7-8,11,24H,5-6,9-10H2. The number of halogens is 1. The van der Waals surface area contributed by atoms with E-state index in [2.05, 4.69) is 14.8 Å². The molecule has 0 radical (unpaired) electrons. The zero-order chi connectivity index (χ0) is 18.8. The van der Waals surface area contributed by atoms with E-state index in [1.54, 1.807) is 6.07 Å². The summed E-state index contributed by atoms with van der Waals surface area (Å²) in [7, 11) is 0. The van der Waals surface area contributed by atoms with E-state index in [-0.39, 0.29) is 6.61 Å². The minimum absolute atomic E-state index is 0.266. The summed E-state index contributed by atoms with van der Waals surface area (Å²) in [6, 6.07) is 8.93. The fraction of sp³-hybridized carbons (Fsp3) is 0.278. The van der Waals surface area contributed by atoms with Crippen molar-refractivity contribution in [3.8, 4) is 11.5 Å². The summed E-state index contributed by atoms with van der Waals surface area (Å²) in [5.41, 5.74) is -0.464. The summed E-state index contributed by atoms with van der Waals surface area (Å²) in [5.74, 6) is 1.80. The number of thioether (sulfide) groups is 1. The Hall–Kier alpha value is -2.45. The second kappa shape index (κ2) is 7.66. The van der Waals surface area contributed by atoms with Gasteiger partial charge in [-0.25, -0.2) is 0 Å². The quantitative estimate of drug-likeness (QED) is 0.598. The molecule has 3 aromatic rings. The molecule has 2 aromatic heterocycles. The van der Waals surface area contributed by atoms with Crippen molar-refractivity contribution in [3.05, 3.63) is 63.4 Å². The number of rotatable bonds is 7. The van der Waals surface area contributed by atoms with Gasteiger partial charge in [0.05, 0.1) is 10.8 Å². The van der Waals surface area contributed by atoms with Crippen LogP contribution < -0.4 is 10.2 Å². The van der Waals surface area contributed by atoms with Gasteiger partial charge >= 0.3 is 0 Å². The molecule has 27 heavy (non-hydrogen) atoms. The van der Waals surface area contributed by atoms with Gasteiger partial charge in [0.15, 0.2) is 16.7 Å². The molecular formula is C18H16ClN3O4S. The molecule has 0 saturated heterocycles. The maximum atomic E-state index is 11.5. The Morgan fingerprint density at radius 1 is 1.33 bits per heavy atom. The fourth-order valence-electron chi connectivity index (χ4n) is 2.56. The third-order valence-corrected chi connectivity index (χ3v) is 5.33. The van der Waals surface area contributed by atoms with E-state index in [1.165, 1.54) is 17.8 Å². The van der Waals surface area contributed by atoms with Crippen molar-refractivity contribution in [3.63, 3.8) is 0 Å². The lowest BCUT2D eigenvalue weighted by molar-refractivity contribution is 0.288. The van der Waals surface area contributed by atoms with Crippen LogP contribution in [-0.4, -0.2) is 19.9 Å². The molecule has 0 bridgehead atoms. The van der Waals surface area contributed by atoms with Crippen LogP contribution >= 0.6 is 23.4 Å². The highest BCUT2D eigenvalue weighted by molar-refractivity contribution is 7.98. The van der Waals surface area contributed by atoms with E-state index < -0.39 is 11.2 Å². The first-order valence-electron chi connectivity index (χ1n) is 8.36. The molecule has 0 spiro atoms. The van der Waals surface area contributed by atoms with Crippen molar-refractivity contribution in [2.75, 3.05) is 0 Å². The van der Waals surface area contributed by atoms with Crippen LogP contribution in [0.3, 0.4) is 0 Å². The number of ether oxygens (including phenoxy) is 1. The number of hydrogen-bond acceptors (Lipinski definition) is 7. The van der Waals surface area contributed by atoms with Crippen LogP contribution in [0.25, 0.3) is 0 Å². The van der Waals surface area contributed by atoms with Gasteiger partial charge in [-0.05, 0) is 25.0 Å². The first kappa shape index (κ1) is 17.9. The predicted octanol–water partition coefficient (Wildman–Crippen LogP) is 3.80. The van der Waals surface area contributed by atoms with E-state index in [0.717, 1.165) is 30.1 Å². The van der Waals surface area contributed by atoms with Crippen molar-refractivity contribution < 1.29 is 14.3 Å². The van der Waals surface area contributed by atoms with Gasteiger partial charge < -0.3 is 14.3 Å².